The Morgan fingerprint density at radius 3 is 3.25 bits per heavy atom. The molecule has 3 aromatic heterocycles. The van der Waals surface area contributed by atoms with Crippen LogP contribution in [0.3, 0.4) is 0 Å². The highest BCUT2D eigenvalue weighted by molar-refractivity contribution is 7.16. The van der Waals surface area contributed by atoms with E-state index in [1.165, 1.54) is 5.39 Å². The molecule has 0 aromatic carbocycles. The molecule has 16 heavy (non-hydrogen) atoms. The van der Waals surface area contributed by atoms with Crippen molar-refractivity contribution in [2.24, 2.45) is 0 Å². The quantitative estimate of drug-likeness (QED) is 0.748. The number of pyridine rings is 1. The van der Waals surface area contributed by atoms with Gasteiger partial charge in [-0.25, -0.2) is 4.98 Å². The van der Waals surface area contributed by atoms with Crippen molar-refractivity contribution in [3.05, 3.63) is 47.9 Å². The Bertz CT molecular complexity index is 586. The lowest BCUT2D eigenvalue weighted by Gasteiger charge is -2.03. The van der Waals surface area contributed by atoms with Gasteiger partial charge in [-0.1, -0.05) is 0 Å². The van der Waals surface area contributed by atoms with Gasteiger partial charge in [0, 0.05) is 5.39 Å². The van der Waals surface area contributed by atoms with E-state index >= 15 is 0 Å². The van der Waals surface area contributed by atoms with E-state index in [1.54, 1.807) is 17.6 Å². The van der Waals surface area contributed by atoms with Gasteiger partial charge >= 0.3 is 0 Å². The van der Waals surface area contributed by atoms with Crippen molar-refractivity contribution in [2.45, 2.75) is 6.54 Å². The summed E-state index contributed by atoms with van der Waals surface area (Å²) in [6, 6.07) is 8.01. The van der Waals surface area contributed by atoms with Crippen LogP contribution in [0.25, 0.3) is 10.2 Å². The van der Waals surface area contributed by atoms with Crippen LogP contribution in [0.15, 0.2) is 46.5 Å². The van der Waals surface area contributed by atoms with Crippen molar-refractivity contribution in [3.63, 3.8) is 0 Å². The number of aromatic nitrogens is 1. The molecule has 0 fully saturated rings. The van der Waals surface area contributed by atoms with Gasteiger partial charge in [0.2, 0.25) is 0 Å². The number of anilines is 1. The molecule has 3 rings (SSSR count). The lowest BCUT2D eigenvalue weighted by Crippen LogP contribution is -1.98. The van der Waals surface area contributed by atoms with Crippen LogP contribution in [0.2, 0.25) is 0 Å². The summed E-state index contributed by atoms with van der Waals surface area (Å²) in [6.45, 7) is 0.685. The third-order valence-corrected chi connectivity index (χ3v) is 3.19. The van der Waals surface area contributed by atoms with Crippen molar-refractivity contribution in [2.75, 3.05) is 5.32 Å². The summed E-state index contributed by atoms with van der Waals surface area (Å²) in [5.41, 5.74) is 1.02. The molecule has 80 valence electrons. The lowest BCUT2D eigenvalue weighted by molar-refractivity contribution is 0.518. The highest BCUT2D eigenvalue weighted by Crippen LogP contribution is 2.21. The Morgan fingerprint density at radius 1 is 1.38 bits per heavy atom. The van der Waals surface area contributed by atoms with Gasteiger partial charge < -0.3 is 9.73 Å². The first-order valence-electron chi connectivity index (χ1n) is 5.01. The highest BCUT2D eigenvalue weighted by atomic mass is 32.1. The van der Waals surface area contributed by atoms with E-state index in [0.717, 1.165) is 16.3 Å². The van der Waals surface area contributed by atoms with Crippen LogP contribution in [0, 0.1) is 0 Å². The molecule has 0 aliphatic heterocycles. The number of furan rings is 1. The SMILES string of the molecule is c1coc(CNc2cnc3sccc3c2)c1. The molecule has 1 N–H and O–H groups in total. The standard InChI is InChI=1S/C12H10N2OS/c1-2-11(15-4-1)8-13-10-6-9-3-5-16-12(9)14-7-10/h1-7,13H,8H2. The van der Waals surface area contributed by atoms with Crippen molar-refractivity contribution in [3.8, 4) is 0 Å². The number of hydrogen-bond acceptors (Lipinski definition) is 4. The normalized spacial score (nSPS) is 10.8. The fourth-order valence-electron chi connectivity index (χ4n) is 1.56. The van der Waals surface area contributed by atoms with E-state index < -0.39 is 0 Å². The van der Waals surface area contributed by atoms with Gasteiger partial charge in [0.05, 0.1) is 24.7 Å². The van der Waals surface area contributed by atoms with Crippen molar-refractivity contribution >= 4 is 27.2 Å². The number of rotatable bonds is 3. The predicted molar refractivity (Wildman–Crippen MR) is 65.7 cm³/mol. The molecule has 0 bridgehead atoms. The molecular weight excluding hydrogens is 220 g/mol. The Labute approximate surface area is 96.7 Å². The Kier molecular flexibility index (Phi) is 2.34. The Morgan fingerprint density at radius 2 is 2.38 bits per heavy atom. The van der Waals surface area contributed by atoms with E-state index in [2.05, 4.69) is 22.4 Å². The summed E-state index contributed by atoms with van der Waals surface area (Å²) in [5, 5.41) is 6.50. The second kappa shape index (κ2) is 3.98. The zero-order chi connectivity index (χ0) is 10.8. The van der Waals surface area contributed by atoms with E-state index in [4.69, 9.17) is 4.42 Å². The smallest absolute Gasteiger partial charge is 0.123 e. The minimum absolute atomic E-state index is 0.685. The zero-order valence-electron chi connectivity index (χ0n) is 8.51. The second-order valence-electron chi connectivity index (χ2n) is 3.47. The van der Waals surface area contributed by atoms with E-state index in [0.29, 0.717) is 6.54 Å². The molecule has 0 saturated carbocycles. The van der Waals surface area contributed by atoms with Crippen molar-refractivity contribution < 1.29 is 4.42 Å². The number of nitrogens with zero attached hydrogens (tertiary/aromatic N) is 1. The van der Waals surface area contributed by atoms with Crippen LogP contribution in [0.1, 0.15) is 5.76 Å². The van der Waals surface area contributed by atoms with Crippen molar-refractivity contribution in [1.82, 2.24) is 4.98 Å². The largest absolute Gasteiger partial charge is 0.467 e. The lowest BCUT2D eigenvalue weighted by atomic mass is 10.3. The van der Waals surface area contributed by atoms with Crippen molar-refractivity contribution in [1.29, 1.82) is 0 Å². The van der Waals surface area contributed by atoms with Crippen LogP contribution >= 0.6 is 11.3 Å². The molecule has 0 saturated heterocycles. The predicted octanol–water partition coefficient (Wildman–Crippen LogP) is 3.50. The minimum atomic E-state index is 0.685. The van der Waals surface area contributed by atoms with Gasteiger partial charge in [0.1, 0.15) is 10.6 Å². The van der Waals surface area contributed by atoms with E-state index in [-0.39, 0.29) is 0 Å². The topological polar surface area (TPSA) is 38.1 Å². The third kappa shape index (κ3) is 1.79. The summed E-state index contributed by atoms with van der Waals surface area (Å²) >= 11 is 1.65. The van der Waals surface area contributed by atoms with E-state index in [9.17, 15) is 0 Å². The number of nitrogens with one attached hydrogen (secondary N) is 1. The maximum absolute atomic E-state index is 5.25. The Balaban J connectivity index is 1.78. The third-order valence-electron chi connectivity index (χ3n) is 2.35. The molecule has 0 aliphatic rings. The Hall–Kier alpha value is -1.81. The van der Waals surface area contributed by atoms with Gasteiger partial charge in [-0.2, -0.15) is 0 Å². The first-order valence-corrected chi connectivity index (χ1v) is 5.89. The highest BCUT2D eigenvalue weighted by Gasteiger charge is 1.99. The minimum Gasteiger partial charge on any atom is -0.467 e. The van der Waals surface area contributed by atoms with Gasteiger partial charge in [0.25, 0.3) is 0 Å². The van der Waals surface area contributed by atoms with E-state index in [1.807, 2.05) is 23.7 Å². The molecule has 3 aromatic rings. The summed E-state index contributed by atoms with van der Waals surface area (Å²) < 4.78 is 5.25. The summed E-state index contributed by atoms with van der Waals surface area (Å²) in [7, 11) is 0. The fraction of sp³-hybridized carbons (Fsp3) is 0.0833. The van der Waals surface area contributed by atoms with Crippen LogP contribution in [-0.4, -0.2) is 4.98 Å². The second-order valence-corrected chi connectivity index (χ2v) is 4.37. The number of fused-ring (bicyclic) bond motifs is 1. The molecule has 0 atom stereocenters. The number of hydrogen-bond donors (Lipinski definition) is 1. The molecule has 0 radical (unpaired) electrons. The molecular formula is C12H10N2OS. The van der Waals surface area contributed by atoms with Gasteiger partial charge in [-0.3, -0.25) is 0 Å². The summed E-state index contributed by atoms with van der Waals surface area (Å²) in [6.07, 6.45) is 3.53. The molecule has 4 heteroatoms. The zero-order valence-corrected chi connectivity index (χ0v) is 9.33. The molecule has 0 amide bonds. The first kappa shape index (κ1) is 9.42. The summed E-state index contributed by atoms with van der Waals surface area (Å²) in [5.74, 6) is 0.922. The summed E-state index contributed by atoms with van der Waals surface area (Å²) in [4.78, 5) is 5.44. The molecule has 0 aliphatic carbocycles. The maximum atomic E-state index is 5.25. The first-order chi connectivity index (χ1) is 7.92. The monoisotopic (exact) mass is 230 g/mol. The molecule has 3 heterocycles. The van der Waals surface area contributed by atoms with Crippen LogP contribution in [0.5, 0.6) is 0 Å². The van der Waals surface area contributed by atoms with Crippen LogP contribution in [0.4, 0.5) is 5.69 Å². The fourth-order valence-corrected chi connectivity index (χ4v) is 2.28. The molecule has 0 spiro atoms. The number of thiophene rings is 1. The van der Waals surface area contributed by atoms with Gasteiger partial charge in [0.15, 0.2) is 0 Å². The van der Waals surface area contributed by atoms with Gasteiger partial charge in [-0.15, -0.1) is 11.3 Å². The average molecular weight is 230 g/mol. The van der Waals surface area contributed by atoms with Crippen LogP contribution in [-0.2, 0) is 6.54 Å². The molecule has 0 unspecified atom stereocenters. The average Bonchev–Trinajstić information content (AvgIpc) is 2.97. The molecule has 3 nitrogen and oxygen atoms in total. The van der Waals surface area contributed by atoms with Gasteiger partial charge in [-0.05, 0) is 29.6 Å². The maximum Gasteiger partial charge on any atom is 0.123 e. The van der Waals surface area contributed by atoms with Crippen LogP contribution < -0.4 is 5.32 Å².